The number of benzene rings is 2. The summed E-state index contributed by atoms with van der Waals surface area (Å²) in [4.78, 5) is 1.55. The van der Waals surface area contributed by atoms with Crippen molar-refractivity contribution < 1.29 is 14.0 Å². The second kappa shape index (κ2) is 8.96. The number of thiocarbonyl (C=S) groups is 1. The summed E-state index contributed by atoms with van der Waals surface area (Å²) in [5, 5.41) is 6.64. The number of hydrogen-bond donors (Lipinski definition) is 3. The van der Waals surface area contributed by atoms with Crippen LogP contribution in [0.3, 0.4) is 0 Å². The van der Waals surface area contributed by atoms with Crippen LogP contribution in [0.15, 0.2) is 48.5 Å². The van der Waals surface area contributed by atoms with Crippen LogP contribution in [-0.2, 0) is 0 Å². The van der Waals surface area contributed by atoms with Gasteiger partial charge in [-0.3, -0.25) is 0 Å². The molecule has 2 aromatic carbocycles. The first-order valence-corrected chi connectivity index (χ1v) is 9.36. The number of hydrogen-bond acceptors (Lipinski definition) is 2. The normalized spacial score (nSPS) is 15.5. The highest BCUT2D eigenvalue weighted by molar-refractivity contribution is 7.80. The highest BCUT2D eigenvalue weighted by atomic mass is 32.1. The Balaban J connectivity index is 1.65. The van der Waals surface area contributed by atoms with Gasteiger partial charge in [-0.1, -0.05) is 12.1 Å². The van der Waals surface area contributed by atoms with E-state index in [-0.39, 0.29) is 5.82 Å². The molecule has 3 N–H and O–H groups in total. The number of ether oxygens (including phenoxy) is 1. The van der Waals surface area contributed by atoms with Gasteiger partial charge in [-0.05, 0) is 48.6 Å². The van der Waals surface area contributed by atoms with E-state index < -0.39 is 0 Å². The van der Waals surface area contributed by atoms with Crippen molar-refractivity contribution in [1.29, 1.82) is 0 Å². The van der Waals surface area contributed by atoms with Crippen molar-refractivity contribution in [3.63, 3.8) is 0 Å². The number of quaternary nitrogens is 1. The highest BCUT2D eigenvalue weighted by Crippen LogP contribution is 2.17. The Morgan fingerprint density at radius 2 is 1.85 bits per heavy atom. The van der Waals surface area contributed by atoms with Crippen molar-refractivity contribution >= 4 is 23.0 Å². The zero-order valence-electron chi connectivity index (χ0n) is 14.9. The van der Waals surface area contributed by atoms with E-state index in [1.165, 1.54) is 24.5 Å². The lowest BCUT2D eigenvalue weighted by molar-refractivity contribution is -0.918. The number of para-hydroxylation sites is 1. The van der Waals surface area contributed by atoms with Crippen molar-refractivity contribution in [2.45, 2.75) is 18.9 Å². The highest BCUT2D eigenvalue weighted by Gasteiger charge is 2.27. The van der Waals surface area contributed by atoms with E-state index in [1.54, 1.807) is 30.2 Å². The van der Waals surface area contributed by atoms with Gasteiger partial charge >= 0.3 is 0 Å². The van der Waals surface area contributed by atoms with Crippen molar-refractivity contribution in [2.75, 3.05) is 32.1 Å². The maximum Gasteiger partial charge on any atom is 0.171 e. The predicted octanol–water partition coefficient (Wildman–Crippen LogP) is 2.54. The molecule has 0 bridgehead atoms. The third kappa shape index (κ3) is 4.71. The number of likely N-dealkylation sites (tertiary alicyclic amines) is 1. The second-order valence-corrected chi connectivity index (χ2v) is 6.91. The monoisotopic (exact) mass is 374 g/mol. The summed E-state index contributed by atoms with van der Waals surface area (Å²) >= 11 is 5.36. The summed E-state index contributed by atoms with van der Waals surface area (Å²) in [6.45, 7) is 3.01. The van der Waals surface area contributed by atoms with Crippen LogP contribution in [0.25, 0.3) is 0 Å². The summed E-state index contributed by atoms with van der Waals surface area (Å²) in [6, 6.07) is 15.0. The van der Waals surface area contributed by atoms with Crippen LogP contribution < -0.4 is 20.3 Å². The molecular formula is C20H25FN3OS+. The molecule has 0 saturated carbocycles. The third-order valence-electron chi connectivity index (χ3n) is 4.85. The van der Waals surface area contributed by atoms with Crippen LogP contribution >= 0.6 is 12.2 Å². The Morgan fingerprint density at radius 3 is 2.50 bits per heavy atom. The van der Waals surface area contributed by atoms with Gasteiger partial charge in [-0.15, -0.1) is 0 Å². The summed E-state index contributed by atoms with van der Waals surface area (Å²) < 4.78 is 19.0. The fraction of sp³-hybridized carbons (Fsp3) is 0.350. The van der Waals surface area contributed by atoms with Gasteiger partial charge in [0.2, 0.25) is 0 Å². The molecule has 3 rings (SSSR count). The fourth-order valence-electron chi connectivity index (χ4n) is 3.44. The first-order valence-electron chi connectivity index (χ1n) is 8.95. The first-order chi connectivity index (χ1) is 12.7. The van der Waals surface area contributed by atoms with E-state index in [1.807, 2.05) is 12.1 Å². The molecule has 1 aliphatic heterocycles. The molecule has 0 unspecified atom stereocenters. The minimum absolute atomic E-state index is 0.295. The smallest absolute Gasteiger partial charge is 0.171 e. The number of methoxy groups -OCH3 is 1. The topological polar surface area (TPSA) is 37.7 Å². The van der Waals surface area contributed by atoms with Gasteiger partial charge in [-0.2, -0.15) is 0 Å². The number of halogens is 1. The molecule has 0 aromatic heterocycles. The molecule has 1 fully saturated rings. The molecule has 1 saturated heterocycles. The quantitative estimate of drug-likeness (QED) is 0.680. The Bertz CT molecular complexity index is 732. The molecule has 0 radical (unpaired) electrons. The lowest BCUT2D eigenvalue weighted by atomic mass is 10.1. The van der Waals surface area contributed by atoms with Crippen LogP contribution in [0.2, 0.25) is 0 Å². The SMILES string of the molecule is COc1ccc([C@@H](CNC(=S)Nc2ccccc2F)[NH+]2CCCC2)cc1. The van der Waals surface area contributed by atoms with Crippen molar-refractivity contribution in [1.82, 2.24) is 5.32 Å². The van der Waals surface area contributed by atoms with Gasteiger partial charge < -0.3 is 20.3 Å². The summed E-state index contributed by atoms with van der Waals surface area (Å²) in [7, 11) is 1.67. The summed E-state index contributed by atoms with van der Waals surface area (Å²) in [5.74, 6) is 0.544. The fourth-order valence-corrected chi connectivity index (χ4v) is 3.63. The largest absolute Gasteiger partial charge is 0.497 e. The van der Waals surface area contributed by atoms with Gasteiger partial charge in [0.05, 0.1) is 32.4 Å². The minimum atomic E-state index is -0.312. The Labute approximate surface area is 159 Å². The van der Waals surface area contributed by atoms with Gasteiger partial charge in [-0.25, -0.2) is 4.39 Å². The van der Waals surface area contributed by atoms with Crippen LogP contribution in [0.1, 0.15) is 24.4 Å². The second-order valence-electron chi connectivity index (χ2n) is 6.51. The van der Waals surface area contributed by atoms with Crippen LogP contribution in [-0.4, -0.2) is 31.9 Å². The summed E-state index contributed by atoms with van der Waals surface area (Å²) in [6.07, 6.45) is 2.50. The number of rotatable bonds is 6. The molecule has 4 nitrogen and oxygen atoms in total. The average Bonchev–Trinajstić information content (AvgIpc) is 3.19. The van der Waals surface area contributed by atoms with E-state index in [4.69, 9.17) is 17.0 Å². The van der Waals surface area contributed by atoms with Crippen molar-refractivity contribution in [2.24, 2.45) is 0 Å². The molecule has 26 heavy (non-hydrogen) atoms. The zero-order chi connectivity index (χ0) is 18.4. The molecule has 1 atom stereocenters. The molecular weight excluding hydrogens is 349 g/mol. The van der Waals surface area contributed by atoms with Gasteiger partial charge in [0, 0.05) is 18.4 Å². The van der Waals surface area contributed by atoms with Gasteiger partial charge in [0.15, 0.2) is 5.11 Å². The Hall–Kier alpha value is -2.18. The molecule has 1 heterocycles. The number of anilines is 1. The van der Waals surface area contributed by atoms with Gasteiger partial charge in [0.1, 0.15) is 17.6 Å². The lowest BCUT2D eigenvalue weighted by Gasteiger charge is -2.26. The number of nitrogens with one attached hydrogen (secondary N) is 3. The molecule has 1 aliphatic rings. The standard InChI is InChI=1S/C20H24FN3OS/c1-25-16-10-8-15(9-11-16)19(24-12-4-5-13-24)14-22-20(26)23-18-7-3-2-6-17(18)21/h2-3,6-11,19H,4-5,12-14H2,1H3,(H2,22,23,26)/p+1/t19-/m1/s1. The van der Waals surface area contributed by atoms with Crippen molar-refractivity contribution in [3.8, 4) is 5.75 Å². The zero-order valence-corrected chi connectivity index (χ0v) is 15.7. The Morgan fingerprint density at radius 1 is 1.15 bits per heavy atom. The summed E-state index contributed by atoms with van der Waals surface area (Å²) in [5.41, 5.74) is 1.64. The molecule has 6 heteroatoms. The van der Waals surface area contributed by atoms with Crippen LogP contribution in [0.4, 0.5) is 10.1 Å². The molecule has 2 aromatic rings. The van der Waals surface area contributed by atoms with Crippen LogP contribution in [0.5, 0.6) is 5.75 Å². The van der Waals surface area contributed by atoms with E-state index in [0.29, 0.717) is 23.4 Å². The third-order valence-corrected chi connectivity index (χ3v) is 5.09. The van der Waals surface area contributed by atoms with E-state index >= 15 is 0 Å². The van der Waals surface area contributed by atoms with E-state index in [9.17, 15) is 4.39 Å². The molecule has 0 aliphatic carbocycles. The first kappa shape index (κ1) is 18.6. The van der Waals surface area contributed by atoms with Crippen LogP contribution in [0, 0.1) is 5.82 Å². The van der Waals surface area contributed by atoms with Crippen molar-refractivity contribution in [3.05, 3.63) is 59.9 Å². The van der Waals surface area contributed by atoms with Gasteiger partial charge in [0.25, 0.3) is 0 Å². The maximum absolute atomic E-state index is 13.8. The molecule has 0 amide bonds. The molecule has 138 valence electrons. The predicted molar refractivity (Wildman–Crippen MR) is 106 cm³/mol. The average molecular weight is 375 g/mol. The Kier molecular flexibility index (Phi) is 6.41. The lowest BCUT2D eigenvalue weighted by Crippen LogP contribution is -3.11. The molecule has 0 spiro atoms. The minimum Gasteiger partial charge on any atom is -0.497 e. The maximum atomic E-state index is 13.8. The van der Waals surface area contributed by atoms with E-state index in [2.05, 4.69) is 22.8 Å². The van der Waals surface area contributed by atoms with E-state index in [0.717, 1.165) is 18.8 Å².